The van der Waals surface area contributed by atoms with Gasteiger partial charge in [0, 0.05) is 18.1 Å². The van der Waals surface area contributed by atoms with Gasteiger partial charge in [-0.2, -0.15) is 0 Å². The van der Waals surface area contributed by atoms with Gasteiger partial charge in [-0.25, -0.2) is 4.79 Å². The number of hydrogen-bond acceptors (Lipinski definition) is 10. The van der Waals surface area contributed by atoms with Crippen LogP contribution in [-0.2, 0) is 28.5 Å². The molecule has 0 aliphatic heterocycles. The van der Waals surface area contributed by atoms with Crippen molar-refractivity contribution in [3.05, 3.63) is 0 Å². The van der Waals surface area contributed by atoms with Gasteiger partial charge in [0.05, 0.1) is 38.1 Å². The zero-order valence-electron chi connectivity index (χ0n) is 38.7. The lowest BCUT2D eigenvalue weighted by Gasteiger charge is -2.23. The Bertz CT molecular complexity index is 878. The third kappa shape index (κ3) is 34.5. The Morgan fingerprint density at radius 1 is 0.431 bits per heavy atom. The standard InChI is InChI=1S/C47H92N2O7S2/c1-7-13-17-21-23-27-31-43(29-25-19-15-9-3)45(50)54-37-34-49(47(52)56-40-42-58-57-41-39-53-36-33-48(11-5)12-6)35-38-55-46(51)44(30-26-20-16-10-4)32-28-24-22-18-14-8-2/h43-44H,7-42H2,1-6H3. The van der Waals surface area contributed by atoms with Gasteiger partial charge in [0.15, 0.2) is 0 Å². The van der Waals surface area contributed by atoms with Gasteiger partial charge in [-0.15, -0.1) is 0 Å². The summed E-state index contributed by atoms with van der Waals surface area (Å²) >= 11 is 0. The van der Waals surface area contributed by atoms with Gasteiger partial charge in [0.2, 0.25) is 0 Å². The van der Waals surface area contributed by atoms with E-state index in [0.29, 0.717) is 12.4 Å². The Morgan fingerprint density at radius 2 is 0.810 bits per heavy atom. The minimum Gasteiger partial charge on any atom is -0.464 e. The molecule has 0 saturated carbocycles. The van der Waals surface area contributed by atoms with Crippen molar-refractivity contribution in [3.8, 4) is 0 Å². The summed E-state index contributed by atoms with van der Waals surface area (Å²) in [6.07, 6.45) is 26.3. The Morgan fingerprint density at radius 3 is 1.22 bits per heavy atom. The first kappa shape index (κ1) is 56.8. The SMILES string of the molecule is CCCCCCCCC(CCCCCC)C(=O)OCCN(CCOC(=O)C(CCCCCC)CCCCCCCC)C(=O)OCCSSCCOCCN(CC)CC. The van der Waals surface area contributed by atoms with E-state index in [-0.39, 0.29) is 56.7 Å². The van der Waals surface area contributed by atoms with Crippen LogP contribution in [-0.4, -0.2) is 105 Å². The number of hydrogen-bond donors (Lipinski definition) is 0. The van der Waals surface area contributed by atoms with E-state index in [1.807, 2.05) is 0 Å². The Labute approximate surface area is 366 Å². The summed E-state index contributed by atoms with van der Waals surface area (Å²) in [4.78, 5) is 44.0. The zero-order valence-corrected chi connectivity index (χ0v) is 40.3. The van der Waals surface area contributed by atoms with Crippen LogP contribution >= 0.6 is 21.6 Å². The lowest BCUT2D eigenvalue weighted by molar-refractivity contribution is -0.149. The summed E-state index contributed by atoms with van der Waals surface area (Å²) in [5, 5.41) is 0. The molecule has 0 N–H and O–H groups in total. The zero-order chi connectivity index (χ0) is 42.7. The van der Waals surface area contributed by atoms with Gasteiger partial charge in [0.1, 0.15) is 19.8 Å². The average Bonchev–Trinajstić information content (AvgIpc) is 3.23. The van der Waals surface area contributed by atoms with Crippen molar-refractivity contribution in [1.82, 2.24) is 9.80 Å². The molecule has 0 saturated heterocycles. The maximum absolute atomic E-state index is 13.4. The predicted octanol–water partition coefficient (Wildman–Crippen LogP) is 12.9. The molecule has 0 spiro atoms. The van der Waals surface area contributed by atoms with Crippen molar-refractivity contribution in [2.24, 2.45) is 11.8 Å². The molecule has 0 fully saturated rings. The summed E-state index contributed by atoms with van der Waals surface area (Å²) < 4.78 is 23.2. The number of rotatable bonds is 44. The van der Waals surface area contributed by atoms with Gasteiger partial charge >= 0.3 is 18.0 Å². The summed E-state index contributed by atoms with van der Waals surface area (Å²) in [6.45, 7) is 18.5. The Balaban J connectivity index is 5.24. The fraction of sp³-hybridized carbons (Fsp3) is 0.936. The van der Waals surface area contributed by atoms with Crippen LogP contribution in [0.2, 0.25) is 0 Å². The number of likely N-dealkylation sites (N-methyl/N-ethyl adjacent to an activating group) is 1. The molecule has 58 heavy (non-hydrogen) atoms. The minimum absolute atomic E-state index is 0.0980. The topological polar surface area (TPSA) is 94.6 Å². The number of amides is 1. The maximum atomic E-state index is 13.4. The van der Waals surface area contributed by atoms with Crippen LogP contribution in [0.15, 0.2) is 0 Å². The molecule has 2 atom stereocenters. The number of nitrogens with zero attached hydrogens (tertiary/aromatic N) is 2. The maximum Gasteiger partial charge on any atom is 0.410 e. The fourth-order valence-electron chi connectivity index (χ4n) is 7.08. The molecule has 2 unspecified atom stereocenters. The average molecular weight is 861 g/mol. The number of esters is 2. The van der Waals surface area contributed by atoms with E-state index in [2.05, 4.69) is 46.4 Å². The Hall–Kier alpha value is -1.17. The molecular formula is C47H92N2O7S2. The van der Waals surface area contributed by atoms with Crippen LogP contribution < -0.4 is 0 Å². The van der Waals surface area contributed by atoms with Crippen LogP contribution in [0.5, 0.6) is 0 Å². The largest absolute Gasteiger partial charge is 0.464 e. The molecule has 11 heteroatoms. The summed E-state index contributed by atoms with van der Waals surface area (Å²) in [5.41, 5.74) is 0. The summed E-state index contributed by atoms with van der Waals surface area (Å²) in [6, 6.07) is 0. The Kier molecular flexibility index (Phi) is 43.0. The molecule has 344 valence electrons. The lowest BCUT2D eigenvalue weighted by atomic mass is 9.94. The highest BCUT2D eigenvalue weighted by Gasteiger charge is 2.23. The molecular weight excluding hydrogens is 769 g/mol. The summed E-state index contributed by atoms with van der Waals surface area (Å²) in [7, 11) is 3.38. The van der Waals surface area contributed by atoms with Crippen molar-refractivity contribution in [1.29, 1.82) is 0 Å². The van der Waals surface area contributed by atoms with E-state index in [1.54, 1.807) is 21.6 Å². The van der Waals surface area contributed by atoms with Crippen molar-refractivity contribution in [2.45, 2.75) is 196 Å². The number of ether oxygens (including phenoxy) is 4. The molecule has 0 aromatic rings. The summed E-state index contributed by atoms with van der Waals surface area (Å²) in [5.74, 6) is 1.01. The molecule has 0 radical (unpaired) electrons. The van der Waals surface area contributed by atoms with Crippen LogP contribution in [0.1, 0.15) is 196 Å². The van der Waals surface area contributed by atoms with E-state index in [4.69, 9.17) is 18.9 Å². The van der Waals surface area contributed by atoms with Crippen LogP contribution in [0, 0.1) is 11.8 Å². The van der Waals surface area contributed by atoms with E-state index >= 15 is 0 Å². The first-order valence-electron chi connectivity index (χ1n) is 24.2. The van der Waals surface area contributed by atoms with E-state index < -0.39 is 6.09 Å². The predicted molar refractivity (Wildman–Crippen MR) is 249 cm³/mol. The third-order valence-electron chi connectivity index (χ3n) is 11.0. The van der Waals surface area contributed by atoms with Crippen LogP contribution in [0.25, 0.3) is 0 Å². The van der Waals surface area contributed by atoms with Gasteiger partial charge in [-0.05, 0) is 38.8 Å². The molecule has 9 nitrogen and oxygen atoms in total. The molecule has 1 amide bonds. The van der Waals surface area contributed by atoms with Gasteiger partial charge < -0.3 is 28.7 Å². The van der Waals surface area contributed by atoms with Crippen molar-refractivity contribution < 1.29 is 33.3 Å². The number of unbranched alkanes of at least 4 members (excludes halogenated alkanes) is 16. The second kappa shape index (κ2) is 43.9. The second-order valence-corrected chi connectivity index (χ2v) is 18.6. The fourth-order valence-corrected chi connectivity index (χ4v) is 8.77. The molecule has 0 aliphatic rings. The molecule has 0 aliphatic carbocycles. The number of carbonyl (C=O) groups excluding carboxylic acids is 3. The smallest absolute Gasteiger partial charge is 0.410 e. The highest BCUT2D eigenvalue weighted by Crippen LogP contribution is 2.23. The molecule has 0 aromatic carbocycles. The normalized spacial score (nSPS) is 12.5. The van der Waals surface area contributed by atoms with Crippen molar-refractivity contribution >= 4 is 39.6 Å². The van der Waals surface area contributed by atoms with Crippen LogP contribution in [0.3, 0.4) is 0 Å². The highest BCUT2D eigenvalue weighted by atomic mass is 33.1. The van der Waals surface area contributed by atoms with E-state index in [1.165, 1.54) is 69.1 Å². The van der Waals surface area contributed by atoms with E-state index in [9.17, 15) is 14.4 Å². The van der Waals surface area contributed by atoms with Crippen molar-refractivity contribution in [2.75, 3.05) is 77.3 Å². The second-order valence-electron chi connectivity index (χ2n) is 15.9. The number of carbonyl (C=O) groups is 3. The van der Waals surface area contributed by atoms with Crippen LogP contribution in [0.4, 0.5) is 4.79 Å². The minimum atomic E-state index is -0.469. The van der Waals surface area contributed by atoms with Crippen molar-refractivity contribution in [3.63, 3.8) is 0 Å². The first-order chi connectivity index (χ1) is 28.4. The molecule has 0 rings (SSSR count). The lowest BCUT2D eigenvalue weighted by Crippen LogP contribution is -2.38. The first-order valence-corrected chi connectivity index (χ1v) is 26.7. The van der Waals surface area contributed by atoms with Gasteiger partial charge in [0.25, 0.3) is 0 Å². The molecule has 0 bridgehead atoms. The third-order valence-corrected chi connectivity index (χ3v) is 13.3. The highest BCUT2D eigenvalue weighted by molar-refractivity contribution is 8.76. The molecule has 0 aromatic heterocycles. The van der Waals surface area contributed by atoms with Gasteiger partial charge in [-0.1, -0.05) is 192 Å². The monoisotopic (exact) mass is 861 g/mol. The quantitative estimate of drug-likeness (QED) is 0.0255. The van der Waals surface area contributed by atoms with Gasteiger partial charge in [-0.3, -0.25) is 9.59 Å². The van der Waals surface area contributed by atoms with E-state index in [0.717, 1.165) is 122 Å². The molecule has 0 heterocycles.